The number of thiazole rings is 1. The summed E-state index contributed by atoms with van der Waals surface area (Å²) in [4.78, 5) is 22.2. The predicted octanol–water partition coefficient (Wildman–Crippen LogP) is 4.42. The van der Waals surface area contributed by atoms with Crippen LogP contribution in [0.25, 0.3) is 11.8 Å². The van der Waals surface area contributed by atoms with Crippen LogP contribution in [0, 0.1) is 11.2 Å². The van der Waals surface area contributed by atoms with E-state index < -0.39 is 15.4 Å². The fourth-order valence-corrected chi connectivity index (χ4v) is 7.25. The third kappa shape index (κ3) is 4.02. The fraction of sp³-hybridized carbons (Fsp3) is 0.200. The first kappa shape index (κ1) is 24.1. The smallest absolute Gasteiger partial charge is 0.244 e. The molecule has 8 nitrogen and oxygen atoms in total. The number of benzene rings is 1. The molecule has 1 saturated heterocycles. The molecule has 0 bridgehead atoms. The number of fused-ring (bicyclic) bond motifs is 2. The Kier molecular flexibility index (Phi) is 5.83. The van der Waals surface area contributed by atoms with Crippen LogP contribution in [-0.2, 0) is 16.4 Å². The Hall–Kier alpha value is -3.25. The molecule has 4 heterocycles. The number of halogens is 2. The molecule has 2 aliphatic rings. The maximum atomic E-state index is 14.0. The number of carbonyl (C=O) groups excluding carboxylic acids is 1. The number of ketones is 1. The van der Waals surface area contributed by atoms with E-state index in [1.165, 1.54) is 46.1 Å². The van der Waals surface area contributed by atoms with Crippen LogP contribution in [0.3, 0.4) is 0 Å². The Balaban J connectivity index is 1.44. The highest BCUT2D eigenvalue weighted by atomic mass is 35.5. The zero-order chi connectivity index (χ0) is 25.8. The van der Waals surface area contributed by atoms with Gasteiger partial charge >= 0.3 is 0 Å². The standard InChI is InChI=1S/C25H19ClFN5O3S2/c26-22-6-5-20(14-29-22)37(34,35)31-9-7-17-11-21-16(13-30-32(21)19-3-1-18(27)2-4-19)12-25(17,15-31)23(33)24-28-8-10-36-24/h1-6,8,10-11,13-14H,7,9,12,15H2/t25-/m0/s1. The van der Waals surface area contributed by atoms with Gasteiger partial charge in [0, 0.05) is 30.9 Å². The van der Waals surface area contributed by atoms with Crippen molar-refractivity contribution in [1.82, 2.24) is 24.1 Å². The molecule has 3 aromatic heterocycles. The van der Waals surface area contributed by atoms with Crippen molar-refractivity contribution >= 4 is 44.8 Å². The lowest BCUT2D eigenvalue weighted by Gasteiger charge is -2.44. The van der Waals surface area contributed by atoms with Crippen molar-refractivity contribution < 1.29 is 17.6 Å². The second-order valence-corrected chi connectivity index (χ2v) is 12.2. The number of Topliss-reactive ketones (excluding diaryl/α,β-unsaturated/α-hetero) is 1. The van der Waals surface area contributed by atoms with E-state index in [4.69, 9.17) is 11.6 Å². The SMILES string of the molecule is O=C(c1nccs1)[C@]12Cc3cnn(-c4ccc(F)cc4)c3C=C1CCN(S(=O)(=O)c1ccc(Cl)nc1)C2. The Morgan fingerprint density at radius 3 is 2.62 bits per heavy atom. The molecule has 0 saturated carbocycles. The van der Waals surface area contributed by atoms with Crippen molar-refractivity contribution in [2.75, 3.05) is 13.1 Å². The summed E-state index contributed by atoms with van der Waals surface area (Å²) >= 11 is 7.09. The molecule has 1 atom stereocenters. The topological polar surface area (TPSA) is 98.0 Å². The minimum absolute atomic E-state index is 0.0156. The number of hydrogen-bond donors (Lipinski definition) is 0. The molecule has 0 radical (unpaired) electrons. The third-order valence-electron chi connectivity index (χ3n) is 6.85. The molecule has 12 heteroatoms. The fourth-order valence-electron chi connectivity index (χ4n) is 5.01. The molecule has 1 fully saturated rings. The summed E-state index contributed by atoms with van der Waals surface area (Å²) in [5, 5.41) is 6.75. The van der Waals surface area contributed by atoms with E-state index in [0.717, 1.165) is 16.8 Å². The van der Waals surface area contributed by atoms with Gasteiger partial charge in [0.25, 0.3) is 0 Å². The lowest BCUT2D eigenvalue weighted by atomic mass is 9.66. The molecule has 1 aromatic carbocycles. The van der Waals surface area contributed by atoms with Crippen LogP contribution in [0.5, 0.6) is 0 Å². The van der Waals surface area contributed by atoms with E-state index in [1.54, 1.807) is 34.6 Å². The highest BCUT2D eigenvalue weighted by Gasteiger charge is 2.51. The number of carbonyl (C=O) groups is 1. The second kappa shape index (κ2) is 8.95. The van der Waals surface area contributed by atoms with E-state index >= 15 is 0 Å². The van der Waals surface area contributed by atoms with Crippen LogP contribution in [0.4, 0.5) is 4.39 Å². The number of aromatic nitrogens is 4. The summed E-state index contributed by atoms with van der Waals surface area (Å²) in [6.07, 6.45) is 7.01. The van der Waals surface area contributed by atoms with E-state index in [9.17, 15) is 17.6 Å². The molecule has 1 aliphatic carbocycles. The van der Waals surface area contributed by atoms with Gasteiger partial charge in [-0.15, -0.1) is 11.3 Å². The average molecular weight is 556 g/mol. The normalized spacial score (nSPS) is 19.7. The Bertz CT molecular complexity index is 1630. The molecule has 0 spiro atoms. The van der Waals surface area contributed by atoms with Gasteiger partial charge in [0.1, 0.15) is 15.9 Å². The van der Waals surface area contributed by atoms with Gasteiger partial charge in [-0.05, 0) is 60.9 Å². The van der Waals surface area contributed by atoms with Crippen molar-refractivity contribution in [2.24, 2.45) is 5.41 Å². The molecule has 0 amide bonds. The van der Waals surface area contributed by atoms with Crippen molar-refractivity contribution in [1.29, 1.82) is 0 Å². The van der Waals surface area contributed by atoms with E-state index in [-0.39, 0.29) is 41.2 Å². The van der Waals surface area contributed by atoms with E-state index in [0.29, 0.717) is 17.1 Å². The van der Waals surface area contributed by atoms with Crippen LogP contribution >= 0.6 is 22.9 Å². The van der Waals surface area contributed by atoms with Gasteiger partial charge in [-0.1, -0.05) is 17.2 Å². The lowest BCUT2D eigenvalue weighted by molar-refractivity contribution is 0.0775. The van der Waals surface area contributed by atoms with Gasteiger partial charge in [0.2, 0.25) is 15.8 Å². The first-order valence-corrected chi connectivity index (χ1v) is 14.1. The molecule has 37 heavy (non-hydrogen) atoms. The molecular weight excluding hydrogens is 537 g/mol. The van der Waals surface area contributed by atoms with Crippen LogP contribution in [-0.4, -0.2) is 51.3 Å². The van der Waals surface area contributed by atoms with Gasteiger partial charge in [-0.3, -0.25) is 4.79 Å². The van der Waals surface area contributed by atoms with Gasteiger partial charge in [-0.25, -0.2) is 27.5 Å². The third-order valence-corrected chi connectivity index (χ3v) is 9.68. The molecule has 188 valence electrons. The molecular formula is C25H19ClFN5O3S2. The molecule has 6 rings (SSSR count). The number of pyridine rings is 1. The number of nitrogens with zero attached hydrogens (tertiary/aromatic N) is 5. The van der Waals surface area contributed by atoms with Crippen LogP contribution in [0.15, 0.2) is 70.8 Å². The number of sulfonamides is 1. The van der Waals surface area contributed by atoms with Gasteiger partial charge in [0.05, 0.1) is 23.0 Å². The summed E-state index contributed by atoms with van der Waals surface area (Å²) in [6.45, 7) is 0.160. The highest BCUT2D eigenvalue weighted by molar-refractivity contribution is 7.89. The van der Waals surface area contributed by atoms with Crippen LogP contribution < -0.4 is 0 Å². The monoisotopic (exact) mass is 555 g/mol. The highest BCUT2D eigenvalue weighted by Crippen LogP contribution is 2.47. The summed E-state index contributed by atoms with van der Waals surface area (Å²) in [5.74, 6) is -0.566. The van der Waals surface area contributed by atoms with Gasteiger partial charge < -0.3 is 0 Å². The summed E-state index contributed by atoms with van der Waals surface area (Å²) in [5.41, 5.74) is 1.97. The van der Waals surface area contributed by atoms with E-state index in [1.807, 2.05) is 6.08 Å². The van der Waals surface area contributed by atoms with Crippen molar-refractivity contribution in [3.05, 3.63) is 93.2 Å². The summed E-state index contributed by atoms with van der Waals surface area (Å²) in [7, 11) is -3.93. The minimum atomic E-state index is -3.93. The molecule has 0 N–H and O–H groups in total. The zero-order valence-corrected chi connectivity index (χ0v) is 21.6. The summed E-state index contributed by atoms with van der Waals surface area (Å²) in [6, 6.07) is 8.85. The first-order valence-electron chi connectivity index (χ1n) is 11.4. The minimum Gasteiger partial charge on any atom is -0.290 e. The van der Waals surface area contributed by atoms with Crippen LogP contribution in [0.1, 0.15) is 27.5 Å². The predicted molar refractivity (Wildman–Crippen MR) is 137 cm³/mol. The number of rotatable bonds is 5. The van der Waals surface area contributed by atoms with Crippen molar-refractivity contribution in [2.45, 2.75) is 17.7 Å². The van der Waals surface area contributed by atoms with Crippen molar-refractivity contribution in [3.8, 4) is 5.69 Å². The van der Waals surface area contributed by atoms with Crippen molar-refractivity contribution in [3.63, 3.8) is 0 Å². The van der Waals surface area contributed by atoms with Crippen LogP contribution in [0.2, 0.25) is 5.15 Å². The average Bonchev–Trinajstić information content (AvgIpc) is 3.57. The number of hydrogen-bond acceptors (Lipinski definition) is 7. The molecule has 0 unspecified atom stereocenters. The Morgan fingerprint density at radius 2 is 1.92 bits per heavy atom. The molecule has 1 aliphatic heterocycles. The Labute approximate surface area is 221 Å². The van der Waals surface area contributed by atoms with Gasteiger partial charge in [0.15, 0.2) is 5.01 Å². The maximum absolute atomic E-state index is 14.0. The second-order valence-electron chi connectivity index (χ2n) is 8.94. The number of piperidine rings is 1. The maximum Gasteiger partial charge on any atom is 0.244 e. The zero-order valence-electron chi connectivity index (χ0n) is 19.2. The first-order chi connectivity index (χ1) is 17.8. The van der Waals surface area contributed by atoms with E-state index in [2.05, 4.69) is 15.1 Å². The summed E-state index contributed by atoms with van der Waals surface area (Å²) < 4.78 is 43.6. The lowest BCUT2D eigenvalue weighted by Crippen LogP contribution is -2.53. The quantitative estimate of drug-likeness (QED) is 0.267. The Morgan fingerprint density at radius 1 is 1.11 bits per heavy atom. The molecule has 4 aromatic rings. The van der Waals surface area contributed by atoms with Gasteiger partial charge in [-0.2, -0.15) is 9.40 Å². The largest absolute Gasteiger partial charge is 0.290 e.